The molecule has 1 N–H and O–H groups in total. The smallest absolute Gasteiger partial charge is 0.305 e. The molecule has 1 unspecified atom stereocenters. The van der Waals surface area contributed by atoms with Gasteiger partial charge in [-0.1, -0.05) is 39.4 Å². The minimum atomic E-state index is -0.355. The van der Waals surface area contributed by atoms with Gasteiger partial charge < -0.3 is 5.32 Å². The van der Waals surface area contributed by atoms with E-state index in [1.165, 1.54) is 16.9 Å². The van der Waals surface area contributed by atoms with E-state index in [0.29, 0.717) is 6.54 Å². The van der Waals surface area contributed by atoms with Gasteiger partial charge in [-0.25, -0.2) is 0 Å². The van der Waals surface area contributed by atoms with Crippen molar-refractivity contribution in [3.8, 4) is 0 Å². The monoisotopic (exact) mass is 340 g/mol. The highest BCUT2D eigenvalue weighted by molar-refractivity contribution is 9.10. The van der Waals surface area contributed by atoms with Crippen LogP contribution in [0.3, 0.4) is 0 Å². The normalized spacial score (nSPS) is 12.3. The molecule has 100 valence electrons. The molecule has 1 heterocycles. The van der Waals surface area contributed by atoms with Gasteiger partial charge in [-0.2, -0.15) is 0 Å². The van der Waals surface area contributed by atoms with Crippen molar-refractivity contribution in [2.45, 2.75) is 19.5 Å². The second-order valence-electron chi connectivity index (χ2n) is 4.15. The minimum Gasteiger partial charge on any atom is -0.305 e. The quantitative estimate of drug-likeness (QED) is 0.653. The van der Waals surface area contributed by atoms with Crippen molar-refractivity contribution in [2.24, 2.45) is 0 Å². The molecule has 1 aromatic carbocycles. The molecule has 2 aromatic rings. The van der Waals surface area contributed by atoms with Crippen LogP contribution in [0.4, 0.5) is 5.00 Å². The Morgan fingerprint density at radius 1 is 1.42 bits per heavy atom. The van der Waals surface area contributed by atoms with E-state index in [4.69, 9.17) is 0 Å². The largest absolute Gasteiger partial charge is 0.324 e. The van der Waals surface area contributed by atoms with Gasteiger partial charge >= 0.3 is 5.00 Å². The van der Waals surface area contributed by atoms with E-state index in [1.807, 2.05) is 12.1 Å². The Balaban J connectivity index is 1.96. The van der Waals surface area contributed by atoms with E-state index < -0.39 is 0 Å². The Kier molecular flexibility index (Phi) is 4.68. The predicted octanol–water partition coefficient (Wildman–Crippen LogP) is 4.27. The second-order valence-corrected chi connectivity index (χ2v) is 6.22. The standard InChI is InChI=1S/C13H13BrN2O2S/c1-9(10-3-2-4-11(14)7-10)15-8-12-5-6-13(19-12)16(17)18/h2-7,9,15H,8H2,1H3. The van der Waals surface area contributed by atoms with Crippen LogP contribution in [0.2, 0.25) is 0 Å². The first-order valence-electron chi connectivity index (χ1n) is 5.78. The summed E-state index contributed by atoms with van der Waals surface area (Å²) in [4.78, 5) is 11.2. The van der Waals surface area contributed by atoms with Crippen LogP contribution >= 0.6 is 27.3 Å². The molecule has 6 heteroatoms. The van der Waals surface area contributed by atoms with Crippen LogP contribution in [0.1, 0.15) is 23.4 Å². The third kappa shape index (κ3) is 3.86. The van der Waals surface area contributed by atoms with Gasteiger partial charge in [-0.15, -0.1) is 0 Å². The number of hydrogen-bond donors (Lipinski definition) is 1. The second kappa shape index (κ2) is 6.27. The van der Waals surface area contributed by atoms with Crippen molar-refractivity contribution in [3.05, 3.63) is 61.4 Å². The first-order valence-corrected chi connectivity index (χ1v) is 7.39. The summed E-state index contributed by atoms with van der Waals surface area (Å²) in [5, 5.41) is 14.2. The maximum absolute atomic E-state index is 10.6. The predicted molar refractivity (Wildman–Crippen MR) is 80.4 cm³/mol. The highest BCUT2D eigenvalue weighted by Gasteiger charge is 2.11. The lowest BCUT2D eigenvalue weighted by atomic mass is 10.1. The highest BCUT2D eigenvalue weighted by Crippen LogP contribution is 2.24. The zero-order valence-electron chi connectivity index (χ0n) is 10.3. The fourth-order valence-corrected chi connectivity index (χ4v) is 2.89. The van der Waals surface area contributed by atoms with E-state index in [0.717, 1.165) is 9.35 Å². The molecule has 19 heavy (non-hydrogen) atoms. The van der Waals surface area contributed by atoms with E-state index >= 15 is 0 Å². The summed E-state index contributed by atoms with van der Waals surface area (Å²) in [5.74, 6) is 0. The minimum absolute atomic E-state index is 0.187. The van der Waals surface area contributed by atoms with Crippen LogP contribution in [0.25, 0.3) is 0 Å². The molecule has 1 atom stereocenters. The topological polar surface area (TPSA) is 55.2 Å². The van der Waals surface area contributed by atoms with Gasteiger partial charge in [0.2, 0.25) is 0 Å². The van der Waals surface area contributed by atoms with Crippen molar-refractivity contribution in [1.82, 2.24) is 5.32 Å². The molecule has 0 amide bonds. The number of nitro groups is 1. The Morgan fingerprint density at radius 2 is 2.21 bits per heavy atom. The number of halogens is 1. The van der Waals surface area contributed by atoms with Crippen LogP contribution in [0.5, 0.6) is 0 Å². The van der Waals surface area contributed by atoms with Gasteiger partial charge in [0.15, 0.2) is 0 Å². The summed E-state index contributed by atoms with van der Waals surface area (Å²) in [6, 6.07) is 11.6. The average Bonchev–Trinajstić information content (AvgIpc) is 2.85. The highest BCUT2D eigenvalue weighted by atomic mass is 79.9. The molecular weight excluding hydrogens is 328 g/mol. The number of rotatable bonds is 5. The van der Waals surface area contributed by atoms with Crippen molar-refractivity contribution < 1.29 is 4.92 Å². The molecule has 0 aliphatic rings. The summed E-state index contributed by atoms with van der Waals surface area (Å²) in [7, 11) is 0. The summed E-state index contributed by atoms with van der Waals surface area (Å²) in [6.07, 6.45) is 0. The fourth-order valence-electron chi connectivity index (χ4n) is 1.71. The SMILES string of the molecule is CC(NCc1ccc([N+](=O)[O-])s1)c1cccc(Br)c1. The maximum Gasteiger partial charge on any atom is 0.324 e. The summed E-state index contributed by atoms with van der Waals surface area (Å²) in [6.45, 7) is 2.70. The van der Waals surface area contributed by atoms with Crippen LogP contribution in [-0.2, 0) is 6.54 Å². The summed E-state index contributed by atoms with van der Waals surface area (Å²) < 4.78 is 1.05. The number of nitrogens with one attached hydrogen (secondary N) is 1. The zero-order valence-corrected chi connectivity index (χ0v) is 12.7. The molecular formula is C13H13BrN2O2S. The van der Waals surface area contributed by atoms with Crippen molar-refractivity contribution in [3.63, 3.8) is 0 Å². The van der Waals surface area contributed by atoms with Crippen LogP contribution in [-0.4, -0.2) is 4.92 Å². The third-order valence-electron chi connectivity index (χ3n) is 2.76. The van der Waals surface area contributed by atoms with Gasteiger partial charge in [-0.3, -0.25) is 10.1 Å². The molecule has 0 saturated heterocycles. The molecule has 0 bridgehead atoms. The third-order valence-corrected chi connectivity index (χ3v) is 4.29. The fraction of sp³-hybridized carbons (Fsp3) is 0.231. The van der Waals surface area contributed by atoms with Gasteiger partial charge in [0.25, 0.3) is 0 Å². The maximum atomic E-state index is 10.6. The van der Waals surface area contributed by atoms with Crippen LogP contribution < -0.4 is 5.32 Å². The van der Waals surface area contributed by atoms with Gasteiger partial charge in [0.05, 0.1) is 4.92 Å². The number of benzene rings is 1. The van der Waals surface area contributed by atoms with Crippen LogP contribution in [0.15, 0.2) is 40.9 Å². The zero-order chi connectivity index (χ0) is 13.8. The molecule has 0 saturated carbocycles. The molecule has 2 rings (SSSR count). The van der Waals surface area contributed by atoms with E-state index in [2.05, 4.69) is 40.3 Å². The summed E-state index contributed by atoms with van der Waals surface area (Å²) >= 11 is 4.66. The molecule has 0 spiro atoms. The van der Waals surface area contributed by atoms with E-state index in [1.54, 1.807) is 12.1 Å². The Labute approximate surface area is 123 Å². The number of thiophene rings is 1. The van der Waals surface area contributed by atoms with E-state index in [9.17, 15) is 10.1 Å². The molecule has 0 fully saturated rings. The van der Waals surface area contributed by atoms with Crippen molar-refractivity contribution in [2.75, 3.05) is 0 Å². The van der Waals surface area contributed by atoms with Crippen LogP contribution in [0, 0.1) is 10.1 Å². The summed E-state index contributed by atoms with van der Waals surface area (Å²) in [5.41, 5.74) is 1.18. The number of hydrogen-bond acceptors (Lipinski definition) is 4. The molecule has 0 aliphatic carbocycles. The average molecular weight is 341 g/mol. The first kappa shape index (κ1) is 14.2. The van der Waals surface area contributed by atoms with Gasteiger partial charge in [0.1, 0.15) is 0 Å². The van der Waals surface area contributed by atoms with Gasteiger partial charge in [-0.05, 0) is 30.7 Å². The molecule has 0 aliphatic heterocycles. The van der Waals surface area contributed by atoms with E-state index in [-0.39, 0.29) is 16.0 Å². The van der Waals surface area contributed by atoms with Gasteiger partial charge in [0, 0.05) is 28.0 Å². The van der Waals surface area contributed by atoms with Crippen molar-refractivity contribution >= 4 is 32.3 Å². The lowest BCUT2D eigenvalue weighted by Gasteiger charge is -2.13. The Bertz CT molecular complexity index is 586. The molecule has 4 nitrogen and oxygen atoms in total. The lowest BCUT2D eigenvalue weighted by Crippen LogP contribution is -2.17. The first-order chi connectivity index (χ1) is 9.06. The lowest BCUT2D eigenvalue weighted by molar-refractivity contribution is -0.380. The number of nitrogens with zero attached hydrogens (tertiary/aromatic N) is 1. The Morgan fingerprint density at radius 3 is 2.84 bits per heavy atom. The molecule has 1 aromatic heterocycles. The molecule has 0 radical (unpaired) electrons. The Hall–Kier alpha value is -1.24. The van der Waals surface area contributed by atoms with Crippen molar-refractivity contribution in [1.29, 1.82) is 0 Å².